The Morgan fingerprint density at radius 3 is 2.10 bits per heavy atom. The summed E-state index contributed by atoms with van der Waals surface area (Å²) in [6.45, 7) is 4.69. The number of carbonyl (C=O) groups is 2. The second kappa shape index (κ2) is 8.79. The minimum atomic E-state index is -0.342. The van der Waals surface area contributed by atoms with Crippen molar-refractivity contribution in [2.24, 2.45) is 0 Å². The van der Waals surface area contributed by atoms with E-state index < -0.39 is 0 Å². The molecule has 1 rings (SSSR count). The Labute approximate surface area is 118 Å². The summed E-state index contributed by atoms with van der Waals surface area (Å²) in [5.74, 6) is 0.759. The highest BCUT2D eigenvalue weighted by atomic mass is 16.5. The van der Waals surface area contributed by atoms with E-state index in [4.69, 9.17) is 9.47 Å². The van der Waals surface area contributed by atoms with Gasteiger partial charge in [-0.05, 0) is 38.1 Å². The van der Waals surface area contributed by atoms with Crippen molar-refractivity contribution in [1.29, 1.82) is 0 Å². The summed E-state index contributed by atoms with van der Waals surface area (Å²) < 4.78 is 10.6. The third-order valence-electron chi connectivity index (χ3n) is 2.32. The van der Waals surface area contributed by atoms with Gasteiger partial charge in [0.05, 0.1) is 13.2 Å². The van der Waals surface area contributed by atoms with Gasteiger partial charge in [-0.25, -0.2) is 0 Å². The predicted octanol–water partition coefficient (Wildman–Crippen LogP) is 0.716. The SMILES string of the molecule is CCNC(=O)CNC(=O)COc1ccc(OCC)cc1. The number of nitrogens with one attached hydrogen (secondary N) is 2. The fraction of sp³-hybridized carbons (Fsp3) is 0.429. The normalized spacial score (nSPS) is 9.70. The van der Waals surface area contributed by atoms with Crippen LogP contribution in [0.3, 0.4) is 0 Å². The summed E-state index contributed by atoms with van der Waals surface area (Å²) in [6, 6.07) is 6.99. The van der Waals surface area contributed by atoms with Gasteiger partial charge in [0.15, 0.2) is 6.61 Å². The van der Waals surface area contributed by atoms with E-state index in [2.05, 4.69) is 10.6 Å². The van der Waals surface area contributed by atoms with Crippen LogP contribution in [0.5, 0.6) is 11.5 Å². The summed E-state index contributed by atoms with van der Waals surface area (Å²) in [5, 5.41) is 5.05. The molecular weight excluding hydrogens is 260 g/mol. The van der Waals surface area contributed by atoms with Crippen molar-refractivity contribution in [2.45, 2.75) is 13.8 Å². The molecule has 2 N–H and O–H groups in total. The number of benzene rings is 1. The zero-order chi connectivity index (χ0) is 14.8. The first-order valence-corrected chi connectivity index (χ1v) is 6.54. The lowest BCUT2D eigenvalue weighted by molar-refractivity contribution is -0.127. The van der Waals surface area contributed by atoms with Crippen LogP contribution in [0.2, 0.25) is 0 Å². The van der Waals surface area contributed by atoms with Gasteiger partial charge < -0.3 is 20.1 Å². The van der Waals surface area contributed by atoms with Gasteiger partial charge in [0.25, 0.3) is 5.91 Å². The van der Waals surface area contributed by atoms with Crippen LogP contribution in [0.15, 0.2) is 24.3 Å². The molecule has 6 heteroatoms. The first kappa shape index (κ1) is 15.8. The van der Waals surface area contributed by atoms with E-state index in [-0.39, 0.29) is 25.0 Å². The number of carbonyl (C=O) groups excluding carboxylic acids is 2. The fourth-order valence-corrected chi connectivity index (χ4v) is 1.44. The first-order chi connectivity index (χ1) is 9.65. The highest BCUT2D eigenvalue weighted by Crippen LogP contribution is 2.17. The molecule has 0 fully saturated rings. The maximum absolute atomic E-state index is 11.5. The van der Waals surface area contributed by atoms with Crippen LogP contribution in [0.1, 0.15) is 13.8 Å². The third kappa shape index (κ3) is 6.08. The van der Waals surface area contributed by atoms with Crippen LogP contribution in [0.4, 0.5) is 0 Å². The molecule has 6 nitrogen and oxygen atoms in total. The van der Waals surface area contributed by atoms with Crippen LogP contribution in [-0.2, 0) is 9.59 Å². The zero-order valence-electron chi connectivity index (χ0n) is 11.8. The number of hydrogen-bond donors (Lipinski definition) is 2. The number of rotatable bonds is 8. The Kier molecular flexibility index (Phi) is 6.95. The molecule has 0 saturated carbocycles. The Balaban J connectivity index is 2.28. The lowest BCUT2D eigenvalue weighted by atomic mass is 10.3. The standard InChI is InChI=1S/C14H20N2O4/c1-3-15-13(17)9-16-14(18)10-20-12-7-5-11(6-8-12)19-4-2/h5-8H,3-4,9-10H2,1-2H3,(H,15,17)(H,16,18). The molecule has 0 atom stereocenters. The molecule has 1 aromatic rings. The summed E-state index contributed by atoms with van der Waals surface area (Å²) >= 11 is 0. The van der Waals surface area contributed by atoms with Crippen LogP contribution >= 0.6 is 0 Å². The summed E-state index contributed by atoms with van der Waals surface area (Å²) in [6.07, 6.45) is 0. The third-order valence-corrected chi connectivity index (χ3v) is 2.32. The van der Waals surface area contributed by atoms with Crippen molar-refractivity contribution in [3.05, 3.63) is 24.3 Å². The number of likely N-dealkylation sites (N-methyl/N-ethyl adjacent to an activating group) is 1. The van der Waals surface area contributed by atoms with E-state index in [0.717, 1.165) is 5.75 Å². The smallest absolute Gasteiger partial charge is 0.258 e. The summed E-state index contributed by atoms with van der Waals surface area (Å²) in [4.78, 5) is 22.6. The molecule has 20 heavy (non-hydrogen) atoms. The zero-order valence-corrected chi connectivity index (χ0v) is 11.8. The van der Waals surface area contributed by atoms with E-state index in [1.807, 2.05) is 13.8 Å². The quantitative estimate of drug-likeness (QED) is 0.735. The molecule has 1 aromatic carbocycles. The number of hydrogen-bond acceptors (Lipinski definition) is 4. The van der Waals surface area contributed by atoms with Crippen molar-refractivity contribution in [1.82, 2.24) is 10.6 Å². The predicted molar refractivity (Wildman–Crippen MR) is 74.8 cm³/mol. The highest BCUT2D eigenvalue weighted by molar-refractivity contribution is 5.85. The molecule has 0 unspecified atom stereocenters. The van der Waals surface area contributed by atoms with Gasteiger partial charge in [-0.15, -0.1) is 0 Å². The first-order valence-electron chi connectivity index (χ1n) is 6.54. The van der Waals surface area contributed by atoms with E-state index in [9.17, 15) is 9.59 Å². The van der Waals surface area contributed by atoms with Gasteiger partial charge in [0, 0.05) is 6.54 Å². The van der Waals surface area contributed by atoms with E-state index in [1.54, 1.807) is 24.3 Å². The van der Waals surface area contributed by atoms with Crippen molar-refractivity contribution >= 4 is 11.8 Å². The maximum atomic E-state index is 11.5. The Morgan fingerprint density at radius 1 is 0.950 bits per heavy atom. The molecule has 0 radical (unpaired) electrons. The molecule has 110 valence electrons. The van der Waals surface area contributed by atoms with Crippen LogP contribution in [0.25, 0.3) is 0 Å². The molecule has 2 amide bonds. The van der Waals surface area contributed by atoms with Gasteiger partial charge >= 0.3 is 0 Å². The van der Waals surface area contributed by atoms with E-state index >= 15 is 0 Å². The van der Waals surface area contributed by atoms with E-state index in [1.165, 1.54) is 0 Å². The monoisotopic (exact) mass is 280 g/mol. The van der Waals surface area contributed by atoms with Gasteiger partial charge in [-0.1, -0.05) is 0 Å². The van der Waals surface area contributed by atoms with Crippen molar-refractivity contribution in [2.75, 3.05) is 26.3 Å². The Hall–Kier alpha value is -2.24. The molecule has 0 aliphatic heterocycles. The lowest BCUT2D eigenvalue weighted by Gasteiger charge is -2.08. The lowest BCUT2D eigenvalue weighted by Crippen LogP contribution is -2.38. The largest absolute Gasteiger partial charge is 0.494 e. The molecule has 0 aliphatic carbocycles. The van der Waals surface area contributed by atoms with E-state index in [0.29, 0.717) is 18.9 Å². The highest BCUT2D eigenvalue weighted by Gasteiger charge is 2.05. The number of ether oxygens (including phenoxy) is 2. The van der Waals surface area contributed by atoms with Gasteiger partial charge in [-0.2, -0.15) is 0 Å². The van der Waals surface area contributed by atoms with Gasteiger partial charge in [-0.3, -0.25) is 9.59 Å². The summed E-state index contributed by atoms with van der Waals surface area (Å²) in [7, 11) is 0. The van der Waals surface area contributed by atoms with Crippen molar-refractivity contribution in [3.63, 3.8) is 0 Å². The Bertz CT molecular complexity index is 431. The Morgan fingerprint density at radius 2 is 1.55 bits per heavy atom. The molecule has 0 aliphatic rings. The average Bonchev–Trinajstić information content (AvgIpc) is 2.45. The van der Waals surface area contributed by atoms with Gasteiger partial charge in [0.1, 0.15) is 11.5 Å². The topological polar surface area (TPSA) is 76.7 Å². The van der Waals surface area contributed by atoms with Crippen LogP contribution < -0.4 is 20.1 Å². The fourth-order valence-electron chi connectivity index (χ4n) is 1.44. The van der Waals surface area contributed by atoms with Crippen LogP contribution in [0, 0.1) is 0 Å². The minimum Gasteiger partial charge on any atom is -0.494 e. The van der Waals surface area contributed by atoms with Crippen molar-refractivity contribution < 1.29 is 19.1 Å². The molecule has 0 aromatic heterocycles. The number of amides is 2. The van der Waals surface area contributed by atoms with Gasteiger partial charge in [0.2, 0.25) is 5.91 Å². The van der Waals surface area contributed by atoms with Crippen molar-refractivity contribution in [3.8, 4) is 11.5 Å². The second-order valence-corrected chi connectivity index (χ2v) is 3.92. The van der Waals surface area contributed by atoms with Crippen LogP contribution in [-0.4, -0.2) is 38.1 Å². The molecular formula is C14H20N2O4. The minimum absolute atomic E-state index is 0.0424. The molecule has 0 spiro atoms. The second-order valence-electron chi connectivity index (χ2n) is 3.92. The summed E-state index contributed by atoms with van der Waals surface area (Å²) in [5.41, 5.74) is 0. The molecule has 0 saturated heterocycles. The molecule has 0 bridgehead atoms. The molecule has 0 heterocycles. The maximum Gasteiger partial charge on any atom is 0.258 e. The average molecular weight is 280 g/mol.